The van der Waals surface area contributed by atoms with Crippen molar-refractivity contribution in [1.29, 1.82) is 0 Å². The first-order valence-electron chi connectivity index (χ1n) is 38.5. The van der Waals surface area contributed by atoms with Crippen LogP contribution in [0.4, 0.5) is 0 Å². The van der Waals surface area contributed by atoms with Gasteiger partial charge in [0, 0.05) is 13.1 Å². The highest BCUT2D eigenvalue weighted by molar-refractivity contribution is 8.68. The molecule has 18 heteroatoms. The second kappa shape index (κ2) is 59.2. The van der Waals surface area contributed by atoms with Crippen molar-refractivity contribution in [2.24, 2.45) is 5.92 Å². The number of para-hydroxylation sites is 2. The molecule has 12 nitrogen and oxygen atoms in total. The second-order valence-corrected chi connectivity index (χ2v) is 38.9. The molecule has 0 bridgehead atoms. The van der Waals surface area contributed by atoms with Crippen LogP contribution < -0.4 is 0 Å². The molecule has 0 amide bonds. The van der Waals surface area contributed by atoms with Gasteiger partial charge in [0.1, 0.15) is 11.0 Å². The van der Waals surface area contributed by atoms with Crippen LogP contribution in [0.2, 0.25) is 0 Å². The van der Waals surface area contributed by atoms with E-state index in [0.717, 1.165) is 85.4 Å². The highest BCUT2D eigenvalue weighted by atomic mass is 32.9. The van der Waals surface area contributed by atoms with Crippen LogP contribution in [-0.2, 0) is 55.0 Å². The van der Waals surface area contributed by atoms with E-state index in [1.54, 1.807) is 22.8 Å². The normalized spacial score (nSPS) is 14.1. The average molecular weight is 1420 g/mol. The third kappa shape index (κ3) is 43.2. The fraction of sp³-hybridized carbons (Fsp3) is 0.789. The highest BCUT2D eigenvalue weighted by Gasteiger charge is 2.27. The first-order chi connectivity index (χ1) is 46.1. The maximum atomic E-state index is 6.56. The molecular formula is C76H138N8O4P2S4. The van der Waals surface area contributed by atoms with E-state index in [-0.39, 0.29) is 6.10 Å². The Morgan fingerprint density at radius 2 is 0.809 bits per heavy atom. The van der Waals surface area contributed by atoms with Gasteiger partial charge in [-0.05, 0) is 151 Å². The van der Waals surface area contributed by atoms with Gasteiger partial charge in [0.05, 0.1) is 62.0 Å². The van der Waals surface area contributed by atoms with Gasteiger partial charge in [-0.25, -0.2) is 9.36 Å². The van der Waals surface area contributed by atoms with Gasteiger partial charge in [0.15, 0.2) is 0 Å². The van der Waals surface area contributed by atoms with Crippen LogP contribution in [0.25, 0.3) is 22.1 Å². The number of nitrogens with zero attached hydrogens (tertiary/aromatic N) is 8. The summed E-state index contributed by atoms with van der Waals surface area (Å²) >= 11 is 15.7. The van der Waals surface area contributed by atoms with E-state index in [9.17, 15) is 0 Å². The lowest BCUT2D eigenvalue weighted by Crippen LogP contribution is -2.28. The quantitative estimate of drug-likeness (QED) is 0.0181. The molecule has 0 radical (unpaired) electrons. The lowest BCUT2D eigenvalue weighted by atomic mass is 10.0. The predicted octanol–water partition coefficient (Wildman–Crippen LogP) is 25.5. The Labute approximate surface area is 595 Å². The molecule has 0 aliphatic carbocycles. The number of unbranched alkanes of at least 4 members (excludes halogenated alkanes) is 30. The molecule has 4 aromatic rings. The Morgan fingerprint density at radius 3 is 1.23 bits per heavy atom. The zero-order chi connectivity index (χ0) is 67.7. The van der Waals surface area contributed by atoms with Crippen molar-refractivity contribution in [3.8, 4) is 0 Å². The predicted molar refractivity (Wildman–Crippen MR) is 421 cm³/mol. The van der Waals surface area contributed by atoms with E-state index in [2.05, 4.69) is 134 Å². The Morgan fingerprint density at radius 1 is 0.436 bits per heavy atom. The molecule has 4 rings (SSSR count). The molecule has 2 heterocycles. The summed E-state index contributed by atoms with van der Waals surface area (Å²) < 4.78 is 29.8. The van der Waals surface area contributed by atoms with Crippen LogP contribution in [0.3, 0.4) is 0 Å². The fourth-order valence-corrected chi connectivity index (χ4v) is 20.1. The minimum absolute atomic E-state index is 0.121. The minimum atomic E-state index is -2.47. The zero-order valence-electron chi connectivity index (χ0n) is 61.2. The van der Waals surface area contributed by atoms with Gasteiger partial charge in [-0.15, -0.1) is 10.2 Å². The summed E-state index contributed by atoms with van der Waals surface area (Å²) in [7, 11) is 0. The van der Waals surface area contributed by atoms with E-state index in [1.165, 1.54) is 225 Å². The summed E-state index contributed by atoms with van der Waals surface area (Å²) in [6, 6.07) is 16.4. The molecule has 540 valence electrons. The largest absolute Gasteiger partial charge is 0.322 e. The first kappa shape index (κ1) is 86.7. The number of hydrogen-bond donors (Lipinski definition) is 0. The Hall–Kier alpha value is -1.52. The van der Waals surface area contributed by atoms with Crippen molar-refractivity contribution in [3.63, 3.8) is 0 Å². The van der Waals surface area contributed by atoms with E-state index in [0.29, 0.717) is 39.1 Å². The van der Waals surface area contributed by atoms with Gasteiger partial charge in [-0.3, -0.25) is 9.80 Å². The molecule has 0 aliphatic heterocycles. The van der Waals surface area contributed by atoms with Crippen LogP contribution in [0.5, 0.6) is 0 Å². The lowest BCUT2D eigenvalue weighted by molar-refractivity contribution is 0.187. The Kier molecular flexibility index (Phi) is 54.6. The topological polar surface area (TPSA) is 105 Å². The summed E-state index contributed by atoms with van der Waals surface area (Å²) in [6.07, 6.45) is 61.7. The summed E-state index contributed by atoms with van der Waals surface area (Å²) in [6.45, 7) is 23.3. The van der Waals surface area contributed by atoms with Crippen molar-refractivity contribution >= 4 is 79.8 Å². The fourth-order valence-electron chi connectivity index (χ4n) is 11.3. The lowest BCUT2D eigenvalue weighted by Gasteiger charge is -2.28. The van der Waals surface area contributed by atoms with Gasteiger partial charge in [0.2, 0.25) is 11.4 Å². The number of rotatable bonds is 64. The van der Waals surface area contributed by atoms with Crippen LogP contribution in [0.15, 0.2) is 72.8 Å². The van der Waals surface area contributed by atoms with E-state index in [1.807, 2.05) is 33.6 Å². The second-order valence-electron chi connectivity index (χ2n) is 26.4. The smallest absolute Gasteiger partial charge is 0.248 e. The van der Waals surface area contributed by atoms with Gasteiger partial charge < -0.3 is 18.1 Å². The summed E-state index contributed by atoms with van der Waals surface area (Å²) in [5.41, 5.74) is -0.920. The minimum Gasteiger partial charge on any atom is -0.322 e. The van der Waals surface area contributed by atoms with Crippen LogP contribution >= 0.6 is 34.2 Å². The average Bonchev–Trinajstić information content (AvgIpc) is 1.69. The maximum Gasteiger partial charge on any atom is 0.248 e. The molecule has 2 aromatic carbocycles. The third-order valence-corrected chi connectivity index (χ3v) is 28.1. The van der Waals surface area contributed by atoms with Crippen molar-refractivity contribution in [3.05, 3.63) is 72.8 Å². The van der Waals surface area contributed by atoms with Crippen molar-refractivity contribution in [2.45, 2.75) is 338 Å². The van der Waals surface area contributed by atoms with Crippen molar-refractivity contribution in [2.75, 3.05) is 44.7 Å². The number of aromatic nitrogens is 6. The summed E-state index contributed by atoms with van der Waals surface area (Å²) in [5.74, 6) is 2.09. The molecule has 0 saturated carbocycles. The molecule has 4 unspecified atom stereocenters. The standard InChI is InChI=1S/2C38H69N4O2PS2/c1-5-8-11-13-14-15-16-17-18-19-20-21-22-23-24-28-32-41(34-42-38-31-27-26-30-37(38)39-40-42)35-47-45(46,43-33-10-7-3)44-36(4)29-25-12-9-6-2;1-5-9-12-13-14-15-16-17-18-19-20-21-22-23-24-27-31-41(34-42-38-30-26-25-29-37(38)39-40-42)35-47-45(46,43-32-11-7-3)44-33-36(8-4)28-10-6-2/h17-18,26-27,30-31,36H,5-16,19-25,28-29,32-35H2,1-4H3;17-18,25-26,29-30,36H,5-16,19-24,27-28,31-35H2,1-4H3/b2*18-17+. The maximum absolute atomic E-state index is 6.56. The molecule has 0 N–H and O–H groups in total. The summed E-state index contributed by atoms with van der Waals surface area (Å²) in [5, 5.41) is 17.8. The number of allylic oxidation sites excluding steroid dienone is 4. The van der Waals surface area contributed by atoms with Crippen molar-refractivity contribution < 1.29 is 18.1 Å². The van der Waals surface area contributed by atoms with Crippen molar-refractivity contribution in [1.82, 2.24) is 39.8 Å². The molecule has 94 heavy (non-hydrogen) atoms. The molecule has 0 aliphatic rings. The van der Waals surface area contributed by atoms with Gasteiger partial charge >= 0.3 is 0 Å². The molecule has 0 saturated heterocycles. The Balaban J connectivity index is 0.000000490. The number of benzene rings is 2. The Bertz CT molecular complexity index is 2540. The van der Waals surface area contributed by atoms with Gasteiger partial charge in [0.25, 0.3) is 0 Å². The summed E-state index contributed by atoms with van der Waals surface area (Å²) in [4.78, 5) is 4.92. The number of fused-ring (bicyclic) bond motifs is 2. The number of hydrogen-bond acceptors (Lipinski definition) is 14. The zero-order valence-corrected chi connectivity index (χ0v) is 66.2. The van der Waals surface area contributed by atoms with Gasteiger partial charge in [-0.2, -0.15) is 0 Å². The van der Waals surface area contributed by atoms with E-state index < -0.39 is 11.4 Å². The van der Waals surface area contributed by atoms with E-state index in [4.69, 9.17) is 41.7 Å². The SMILES string of the molecule is CCCCCCCC/C=C/CCCCCCCCN(CSP(=S)(OCCCC)OC(C)CCCCCC)Cn1nnc2ccccc21.CCCCCCCC/C=C/CCCCCCCCN(CSP(=S)(OCCCC)OCC(CC)CCCC)Cn1nnc2ccccc21. The molecular weight excluding hydrogens is 1280 g/mol. The molecule has 0 spiro atoms. The highest BCUT2D eigenvalue weighted by Crippen LogP contribution is 2.63. The molecule has 4 atom stereocenters. The third-order valence-electron chi connectivity index (χ3n) is 17.6. The van der Waals surface area contributed by atoms with Crippen LogP contribution in [0.1, 0.15) is 319 Å². The molecule has 2 aromatic heterocycles. The van der Waals surface area contributed by atoms with Crippen LogP contribution in [0, 0.1) is 5.92 Å². The first-order valence-corrected chi connectivity index (χ1v) is 46.9. The molecule has 0 fully saturated rings. The van der Waals surface area contributed by atoms with Crippen LogP contribution in [-0.4, -0.2) is 90.6 Å². The monoisotopic (exact) mass is 1420 g/mol. The van der Waals surface area contributed by atoms with Gasteiger partial charge in [-0.1, -0.05) is 304 Å². The van der Waals surface area contributed by atoms with E-state index >= 15 is 0 Å².